The molecule has 75 heavy (non-hydrogen) atoms. The standard InChI is InChI=1S/C52H75N7O14S2/c1-34(48(67)59(4)42(32-75-5)51(71)72)58(3)49(68)41(53-2)31-54-47(66)37(28-35-18-12-10-13-19-35)30-43(62)40(29-36-20-14-11-15-21-36)55-44(63)23-17-9-7-6-8-16-22-38(61)24-25-39(50(69)70)56-52(74)57-45(73-33-60)26-27-46(64)65/h10-15,18-21,33-34,37,39-42,45,53H,6-9,16-17,22-32H2,1-5H3,(H,54,66)(H,55,63)(H,64,65)(H,69,70)(H,71,72)(H2,56,57,74)/t34-,37+,39-,40-,41?,42-,45+/m0/s1. The van der Waals surface area contributed by atoms with Gasteiger partial charge in [0.05, 0.1) is 12.5 Å². The topological polar surface area (TPSA) is 307 Å². The summed E-state index contributed by atoms with van der Waals surface area (Å²) in [6.45, 7) is 1.43. The number of ether oxygens (including phenoxy) is 1. The molecule has 21 nitrogen and oxygen atoms in total. The van der Waals surface area contributed by atoms with Crippen LogP contribution in [0.2, 0.25) is 0 Å². The Balaban J connectivity index is 1.98. The summed E-state index contributed by atoms with van der Waals surface area (Å²) < 4.78 is 4.77. The zero-order valence-electron chi connectivity index (χ0n) is 43.5. The number of amides is 4. The Hall–Kier alpha value is -6.46. The summed E-state index contributed by atoms with van der Waals surface area (Å²) in [7, 11) is 4.33. The Morgan fingerprint density at radius 3 is 1.83 bits per heavy atom. The summed E-state index contributed by atoms with van der Waals surface area (Å²) in [4.78, 5) is 129. The number of thiocarbonyl (C=S) groups is 1. The van der Waals surface area contributed by atoms with Gasteiger partial charge in [0.25, 0.3) is 6.47 Å². The molecule has 0 saturated heterocycles. The van der Waals surface area contributed by atoms with Crippen LogP contribution in [0.5, 0.6) is 0 Å². The Morgan fingerprint density at radius 1 is 0.693 bits per heavy atom. The van der Waals surface area contributed by atoms with E-state index in [1.807, 2.05) is 60.7 Å². The number of nitrogens with one attached hydrogen (secondary N) is 5. The molecule has 0 radical (unpaired) electrons. The molecule has 0 aliphatic carbocycles. The largest absolute Gasteiger partial charge is 0.481 e. The number of carboxylic acids is 3. The van der Waals surface area contributed by atoms with Gasteiger partial charge in [-0.05, 0) is 75.7 Å². The van der Waals surface area contributed by atoms with Crippen LogP contribution in [-0.2, 0) is 65.5 Å². The lowest BCUT2D eigenvalue weighted by atomic mass is 9.89. The van der Waals surface area contributed by atoms with Crippen molar-refractivity contribution in [3.05, 3.63) is 71.8 Å². The summed E-state index contributed by atoms with van der Waals surface area (Å²) in [5.74, 6) is -6.66. The predicted molar refractivity (Wildman–Crippen MR) is 285 cm³/mol. The normalized spacial score (nSPS) is 13.7. The van der Waals surface area contributed by atoms with Crippen LogP contribution in [0.4, 0.5) is 0 Å². The first-order valence-corrected chi connectivity index (χ1v) is 26.7. The van der Waals surface area contributed by atoms with Crippen LogP contribution in [0.15, 0.2) is 60.7 Å². The number of likely N-dealkylation sites (N-methyl/N-ethyl adjacent to an activating group) is 3. The van der Waals surface area contributed by atoms with Gasteiger partial charge in [-0.2, -0.15) is 11.8 Å². The van der Waals surface area contributed by atoms with Crippen LogP contribution >= 0.6 is 24.0 Å². The number of benzene rings is 2. The van der Waals surface area contributed by atoms with E-state index < -0.39 is 78.0 Å². The molecule has 2 rings (SSSR count). The fraction of sp³-hybridized carbons (Fsp3) is 0.558. The molecule has 0 fully saturated rings. The monoisotopic (exact) mass is 1090 g/mol. The second-order valence-corrected chi connectivity index (χ2v) is 19.5. The average Bonchev–Trinajstić information content (AvgIpc) is 3.38. The second kappa shape index (κ2) is 35.7. The number of nitrogens with zero attached hydrogens (tertiary/aromatic N) is 2. The smallest absolute Gasteiger partial charge is 0.327 e. The van der Waals surface area contributed by atoms with E-state index in [2.05, 4.69) is 26.6 Å². The number of hydrogen-bond donors (Lipinski definition) is 8. The van der Waals surface area contributed by atoms with Crippen molar-refractivity contribution in [3.8, 4) is 0 Å². The van der Waals surface area contributed by atoms with Crippen LogP contribution in [0, 0.1) is 5.92 Å². The lowest BCUT2D eigenvalue weighted by Crippen LogP contribution is -2.57. The van der Waals surface area contributed by atoms with Gasteiger partial charge in [-0.3, -0.25) is 38.4 Å². The van der Waals surface area contributed by atoms with Crippen molar-refractivity contribution in [1.29, 1.82) is 0 Å². The Kier molecular flexibility index (Phi) is 30.8. The van der Waals surface area contributed by atoms with Gasteiger partial charge in [0.1, 0.15) is 30.0 Å². The molecule has 0 spiro atoms. The average molecular weight is 1090 g/mol. The van der Waals surface area contributed by atoms with Crippen molar-refractivity contribution >= 4 is 88.7 Å². The number of aliphatic carboxylic acids is 3. The molecule has 2 aromatic carbocycles. The highest BCUT2D eigenvalue weighted by Crippen LogP contribution is 2.18. The van der Waals surface area contributed by atoms with Crippen molar-refractivity contribution in [2.45, 2.75) is 140 Å². The van der Waals surface area contributed by atoms with Crippen LogP contribution in [0.25, 0.3) is 0 Å². The first-order valence-electron chi connectivity index (χ1n) is 24.9. The van der Waals surface area contributed by atoms with E-state index in [-0.39, 0.29) is 99.1 Å². The molecule has 1 unspecified atom stereocenters. The quantitative estimate of drug-likeness (QED) is 0.0206. The van der Waals surface area contributed by atoms with E-state index in [0.717, 1.165) is 35.3 Å². The molecule has 0 heterocycles. The van der Waals surface area contributed by atoms with E-state index in [0.29, 0.717) is 19.3 Å². The van der Waals surface area contributed by atoms with Gasteiger partial charge in [-0.1, -0.05) is 86.3 Å². The van der Waals surface area contributed by atoms with E-state index in [1.54, 1.807) is 6.26 Å². The highest BCUT2D eigenvalue weighted by Gasteiger charge is 2.35. The number of unbranched alkanes of at least 4 members (excludes halogenated alkanes) is 5. The maximum Gasteiger partial charge on any atom is 0.327 e. The van der Waals surface area contributed by atoms with Gasteiger partial charge in [0.15, 0.2) is 17.1 Å². The predicted octanol–water partition coefficient (Wildman–Crippen LogP) is 3.11. The Labute approximate surface area is 448 Å². The van der Waals surface area contributed by atoms with Gasteiger partial charge in [-0.25, -0.2) is 9.59 Å². The fourth-order valence-corrected chi connectivity index (χ4v) is 8.92. The summed E-state index contributed by atoms with van der Waals surface area (Å²) in [6, 6.07) is 13.1. The Bertz CT molecular complexity index is 2190. The molecule has 8 N–H and O–H groups in total. The third kappa shape index (κ3) is 25.1. The van der Waals surface area contributed by atoms with Gasteiger partial charge in [-0.15, -0.1) is 0 Å². The number of hydrogen-bond acceptors (Lipinski definition) is 14. The zero-order chi connectivity index (χ0) is 55.9. The third-order valence-electron chi connectivity index (χ3n) is 12.5. The van der Waals surface area contributed by atoms with Crippen LogP contribution in [0.3, 0.4) is 0 Å². The third-order valence-corrected chi connectivity index (χ3v) is 13.4. The lowest BCUT2D eigenvalue weighted by molar-refractivity contribution is -0.151. The highest BCUT2D eigenvalue weighted by molar-refractivity contribution is 7.98. The maximum absolute atomic E-state index is 14.2. The minimum atomic E-state index is -1.25. The molecule has 414 valence electrons. The molecule has 0 aliphatic heterocycles. The van der Waals surface area contributed by atoms with Gasteiger partial charge >= 0.3 is 17.9 Å². The number of carboxylic acid groups (broad SMARTS) is 3. The molecular formula is C52H75N7O14S2. The summed E-state index contributed by atoms with van der Waals surface area (Å²) in [6.07, 6.45) is 4.85. The zero-order valence-corrected chi connectivity index (χ0v) is 45.1. The van der Waals surface area contributed by atoms with Crippen molar-refractivity contribution in [3.63, 3.8) is 0 Å². The van der Waals surface area contributed by atoms with Gasteiger partial charge in [0, 0.05) is 64.4 Å². The molecule has 2 aromatic rings. The molecule has 0 bridgehead atoms. The minimum absolute atomic E-state index is 0.0241. The second-order valence-electron chi connectivity index (χ2n) is 18.2. The lowest BCUT2D eigenvalue weighted by Gasteiger charge is -2.33. The van der Waals surface area contributed by atoms with E-state index in [4.69, 9.17) is 22.1 Å². The molecule has 7 atom stereocenters. The maximum atomic E-state index is 14.2. The molecular weight excluding hydrogens is 1010 g/mol. The molecule has 0 aliphatic rings. The van der Waals surface area contributed by atoms with Crippen molar-refractivity contribution < 1.29 is 68.0 Å². The molecule has 23 heteroatoms. The number of carbonyl (C=O) groups excluding carboxylic acids is 7. The van der Waals surface area contributed by atoms with Crippen LogP contribution < -0.4 is 26.6 Å². The van der Waals surface area contributed by atoms with E-state index in [1.165, 1.54) is 44.7 Å². The van der Waals surface area contributed by atoms with Crippen molar-refractivity contribution in [2.24, 2.45) is 5.92 Å². The number of carbonyl (C=O) groups is 10. The molecule has 0 saturated carbocycles. The summed E-state index contributed by atoms with van der Waals surface area (Å²) in [5, 5.41) is 41.8. The van der Waals surface area contributed by atoms with Crippen LogP contribution in [0.1, 0.15) is 102 Å². The minimum Gasteiger partial charge on any atom is -0.481 e. The van der Waals surface area contributed by atoms with Gasteiger partial charge in [0.2, 0.25) is 23.6 Å². The van der Waals surface area contributed by atoms with Gasteiger partial charge < -0.3 is 56.4 Å². The van der Waals surface area contributed by atoms with Crippen LogP contribution in [-0.4, -0.2) is 166 Å². The highest BCUT2D eigenvalue weighted by atomic mass is 32.2. The molecule has 0 aromatic heterocycles. The van der Waals surface area contributed by atoms with E-state index in [9.17, 15) is 58.2 Å². The van der Waals surface area contributed by atoms with Crippen molar-refractivity contribution in [2.75, 3.05) is 39.7 Å². The number of Topliss-reactive ketones (excluding diaryl/α,β-unsaturated/α-hetero) is 2. The first-order chi connectivity index (χ1) is 35.7. The molecule has 4 amide bonds. The number of thioether (sulfide) groups is 1. The Morgan fingerprint density at radius 2 is 1.28 bits per heavy atom. The number of rotatable bonds is 39. The fourth-order valence-electron chi connectivity index (χ4n) is 7.96. The summed E-state index contributed by atoms with van der Waals surface area (Å²) in [5.41, 5.74) is 1.60. The van der Waals surface area contributed by atoms with E-state index >= 15 is 0 Å². The first kappa shape index (κ1) is 64.7. The van der Waals surface area contributed by atoms with Crippen molar-refractivity contribution in [1.82, 2.24) is 36.4 Å². The number of ketones is 2. The summed E-state index contributed by atoms with van der Waals surface area (Å²) >= 11 is 6.37. The SMILES string of the molecule is CNC(CNC(=O)[C@@H](CC(=O)[C@H](Cc1ccccc1)NC(=O)CCCCCCCCC(=O)CC[C@H](NC(=S)N[C@@H](CCC(=O)O)OC=O)C(=O)O)Cc1ccccc1)C(=O)N(C)[C@@H](C)C(=O)N(C)[C@@H](CSC)C(=O)O.